The first-order valence-electron chi connectivity index (χ1n) is 8.99. The molecular weight excluding hydrogens is 332 g/mol. The molecule has 1 atom stereocenters. The first-order valence-corrected chi connectivity index (χ1v) is 9.81. The maximum absolute atomic E-state index is 12.7. The van der Waals surface area contributed by atoms with Gasteiger partial charge in [0.2, 0.25) is 0 Å². The summed E-state index contributed by atoms with van der Waals surface area (Å²) in [6.07, 6.45) is 5.07. The highest BCUT2D eigenvalue weighted by Gasteiger charge is 2.28. The highest BCUT2D eigenvalue weighted by atomic mass is 32.1. The number of piperidine rings is 1. The van der Waals surface area contributed by atoms with E-state index < -0.39 is 0 Å². The maximum Gasteiger partial charge on any atom is 0.263 e. The van der Waals surface area contributed by atoms with Crippen molar-refractivity contribution in [2.45, 2.75) is 38.6 Å². The van der Waals surface area contributed by atoms with Crippen molar-refractivity contribution < 1.29 is 4.79 Å². The number of hydrogen-bond donors (Lipinski definition) is 0. The summed E-state index contributed by atoms with van der Waals surface area (Å²) in [4.78, 5) is 28.6. The maximum atomic E-state index is 12.7. The third-order valence-electron chi connectivity index (χ3n) is 5.17. The molecule has 0 spiro atoms. The molecule has 0 aromatic carbocycles. The molecule has 4 heterocycles. The van der Waals surface area contributed by atoms with Crippen LogP contribution in [-0.2, 0) is 13.0 Å². The fourth-order valence-electron chi connectivity index (χ4n) is 3.75. The van der Waals surface area contributed by atoms with Gasteiger partial charge in [0.1, 0.15) is 5.82 Å². The topological polar surface area (TPSA) is 49.3 Å². The second-order valence-corrected chi connectivity index (χ2v) is 8.48. The van der Waals surface area contributed by atoms with Gasteiger partial charge in [-0.2, -0.15) is 0 Å². The van der Waals surface area contributed by atoms with Crippen LogP contribution in [0.1, 0.15) is 50.4 Å². The molecule has 0 N–H and O–H groups in total. The van der Waals surface area contributed by atoms with Gasteiger partial charge in [-0.05, 0) is 38.9 Å². The van der Waals surface area contributed by atoms with Crippen LogP contribution in [0.5, 0.6) is 0 Å². The Morgan fingerprint density at radius 2 is 2.20 bits per heavy atom. The van der Waals surface area contributed by atoms with Gasteiger partial charge < -0.3 is 9.80 Å². The first kappa shape index (κ1) is 16.7. The van der Waals surface area contributed by atoms with Crippen LogP contribution in [0.4, 0.5) is 0 Å². The number of thiophene rings is 1. The van der Waals surface area contributed by atoms with E-state index in [1.807, 2.05) is 30.2 Å². The van der Waals surface area contributed by atoms with Gasteiger partial charge in [-0.3, -0.25) is 4.79 Å². The second kappa shape index (κ2) is 6.84. The van der Waals surface area contributed by atoms with E-state index in [0.29, 0.717) is 0 Å². The number of aromatic nitrogens is 2. The molecule has 0 radical (unpaired) electrons. The van der Waals surface area contributed by atoms with Crippen molar-refractivity contribution in [3.63, 3.8) is 0 Å². The van der Waals surface area contributed by atoms with Crippen molar-refractivity contribution in [1.82, 2.24) is 19.8 Å². The van der Waals surface area contributed by atoms with E-state index in [1.54, 1.807) is 11.3 Å². The number of carbonyl (C=O) groups excluding carboxylic acids is 1. The molecule has 4 rings (SSSR count). The summed E-state index contributed by atoms with van der Waals surface area (Å²) in [6.45, 7) is 5.59. The van der Waals surface area contributed by atoms with Crippen LogP contribution >= 0.6 is 11.3 Å². The summed E-state index contributed by atoms with van der Waals surface area (Å²) in [5.74, 6) is 1.33. The largest absolute Gasteiger partial charge is 0.337 e. The van der Waals surface area contributed by atoms with Crippen molar-refractivity contribution >= 4 is 17.2 Å². The SMILES string of the molecule is Cc1ccc(C(=O)N2CCC[C@H](c3ncc4c(n3)CCN(C)C4)C2)s1. The van der Waals surface area contributed by atoms with Crippen molar-refractivity contribution in [3.05, 3.63) is 45.2 Å². The van der Waals surface area contributed by atoms with Crippen LogP contribution in [0.3, 0.4) is 0 Å². The normalized spacial score (nSPS) is 21.2. The van der Waals surface area contributed by atoms with Crippen molar-refractivity contribution in [2.24, 2.45) is 0 Å². The van der Waals surface area contributed by atoms with Gasteiger partial charge in [-0.15, -0.1) is 11.3 Å². The zero-order chi connectivity index (χ0) is 17.4. The lowest BCUT2D eigenvalue weighted by Gasteiger charge is -2.32. The summed E-state index contributed by atoms with van der Waals surface area (Å²) in [5, 5.41) is 0. The Bertz CT molecular complexity index is 787. The van der Waals surface area contributed by atoms with Gasteiger partial charge in [0, 0.05) is 60.8 Å². The average molecular weight is 356 g/mol. The molecule has 2 aliphatic rings. The minimum Gasteiger partial charge on any atom is -0.337 e. The zero-order valence-corrected chi connectivity index (χ0v) is 15.7. The molecule has 2 aromatic heterocycles. The molecule has 132 valence electrons. The smallest absolute Gasteiger partial charge is 0.263 e. The summed E-state index contributed by atoms with van der Waals surface area (Å²) >= 11 is 1.58. The Hall–Kier alpha value is -1.79. The van der Waals surface area contributed by atoms with Crippen LogP contribution in [0.2, 0.25) is 0 Å². The molecule has 0 unspecified atom stereocenters. The number of carbonyl (C=O) groups is 1. The number of fused-ring (bicyclic) bond motifs is 1. The van der Waals surface area contributed by atoms with E-state index in [9.17, 15) is 4.79 Å². The van der Waals surface area contributed by atoms with E-state index in [4.69, 9.17) is 4.98 Å². The van der Waals surface area contributed by atoms with E-state index in [2.05, 4.69) is 16.9 Å². The average Bonchev–Trinajstić information content (AvgIpc) is 3.07. The molecule has 2 aliphatic heterocycles. The third-order valence-corrected chi connectivity index (χ3v) is 6.16. The number of nitrogens with zero attached hydrogens (tertiary/aromatic N) is 4. The fourth-order valence-corrected chi connectivity index (χ4v) is 4.58. The minimum atomic E-state index is 0.155. The van der Waals surface area contributed by atoms with Gasteiger partial charge in [0.15, 0.2) is 0 Å². The number of likely N-dealkylation sites (N-methyl/N-ethyl adjacent to an activating group) is 1. The molecule has 2 aromatic rings. The highest BCUT2D eigenvalue weighted by Crippen LogP contribution is 2.28. The Kier molecular flexibility index (Phi) is 4.56. The minimum absolute atomic E-state index is 0.155. The molecule has 25 heavy (non-hydrogen) atoms. The molecule has 5 nitrogen and oxygen atoms in total. The van der Waals surface area contributed by atoms with Gasteiger partial charge >= 0.3 is 0 Å². The molecule has 0 bridgehead atoms. The molecule has 1 saturated heterocycles. The molecule has 0 saturated carbocycles. The number of hydrogen-bond acceptors (Lipinski definition) is 5. The zero-order valence-electron chi connectivity index (χ0n) is 14.9. The van der Waals surface area contributed by atoms with Crippen LogP contribution in [0.25, 0.3) is 0 Å². The number of aryl methyl sites for hydroxylation is 1. The Morgan fingerprint density at radius 1 is 1.32 bits per heavy atom. The van der Waals surface area contributed by atoms with Crippen LogP contribution < -0.4 is 0 Å². The lowest BCUT2D eigenvalue weighted by Crippen LogP contribution is -2.39. The highest BCUT2D eigenvalue weighted by molar-refractivity contribution is 7.13. The molecule has 1 fully saturated rings. The predicted molar refractivity (Wildman–Crippen MR) is 99.0 cm³/mol. The second-order valence-electron chi connectivity index (χ2n) is 7.19. The van der Waals surface area contributed by atoms with E-state index >= 15 is 0 Å². The van der Waals surface area contributed by atoms with Gasteiger partial charge in [0.05, 0.1) is 4.88 Å². The summed E-state index contributed by atoms with van der Waals surface area (Å²) in [6, 6.07) is 3.96. The van der Waals surface area contributed by atoms with E-state index in [0.717, 1.165) is 56.1 Å². The summed E-state index contributed by atoms with van der Waals surface area (Å²) in [7, 11) is 2.13. The first-order chi connectivity index (χ1) is 12.1. The number of amides is 1. The summed E-state index contributed by atoms with van der Waals surface area (Å²) in [5.41, 5.74) is 2.44. The number of likely N-dealkylation sites (tertiary alicyclic amines) is 1. The van der Waals surface area contributed by atoms with Gasteiger partial charge in [-0.25, -0.2) is 9.97 Å². The van der Waals surface area contributed by atoms with Crippen molar-refractivity contribution in [2.75, 3.05) is 26.7 Å². The Morgan fingerprint density at radius 3 is 3.00 bits per heavy atom. The standard InChI is InChI=1S/C19H24N4OS/c1-13-5-6-17(25-13)19(24)23-8-3-4-14(12-23)18-20-10-15-11-22(2)9-7-16(15)21-18/h5-6,10,14H,3-4,7-9,11-12H2,1-2H3/t14-/m0/s1. The lowest BCUT2D eigenvalue weighted by molar-refractivity contribution is 0.0709. The molecule has 6 heteroatoms. The van der Waals surface area contributed by atoms with Crippen molar-refractivity contribution in [1.29, 1.82) is 0 Å². The molecular formula is C19H24N4OS. The molecule has 1 amide bonds. The van der Waals surface area contributed by atoms with Gasteiger partial charge in [-0.1, -0.05) is 0 Å². The Labute approximate surface area is 152 Å². The van der Waals surface area contributed by atoms with Gasteiger partial charge in [0.25, 0.3) is 5.91 Å². The van der Waals surface area contributed by atoms with Crippen molar-refractivity contribution in [3.8, 4) is 0 Å². The third kappa shape index (κ3) is 3.46. The quantitative estimate of drug-likeness (QED) is 0.830. The summed E-state index contributed by atoms with van der Waals surface area (Å²) < 4.78 is 0. The monoisotopic (exact) mass is 356 g/mol. The van der Waals surface area contributed by atoms with E-state index in [-0.39, 0.29) is 11.8 Å². The van der Waals surface area contributed by atoms with Crippen LogP contribution in [-0.4, -0.2) is 52.4 Å². The van der Waals surface area contributed by atoms with Crippen LogP contribution in [0.15, 0.2) is 18.3 Å². The lowest BCUT2D eigenvalue weighted by atomic mass is 9.96. The van der Waals surface area contributed by atoms with E-state index in [1.165, 1.54) is 16.1 Å². The number of rotatable bonds is 2. The fraction of sp³-hybridized carbons (Fsp3) is 0.526. The van der Waals surface area contributed by atoms with Crippen LogP contribution in [0, 0.1) is 6.92 Å². The predicted octanol–water partition coefficient (Wildman–Crippen LogP) is 2.85. The molecule has 0 aliphatic carbocycles. The Balaban J connectivity index is 1.50.